The summed E-state index contributed by atoms with van der Waals surface area (Å²) >= 11 is 0. The maximum atomic E-state index is 13.2. The summed E-state index contributed by atoms with van der Waals surface area (Å²) in [6, 6.07) is -1.09. The molecule has 7 N–H and O–H groups in total. The Labute approximate surface area is 244 Å². The van der Waals surface area contributed by atoms with Crippen LogP contribution in [0.15, 0.2) is 18.2 Å². The summed E-state index contributed by atoms with van der Waals surface area (Å²) in [5.74, 6) is -1.36. The summed E-state index contributed by atoms with van der Waals surface area (Å²) in [4.78, 5) is 82.3. The van der Waals surface area contributed by atoms with Crippen molar-refractivity contribution < 1.29 is 59.2 Å². The lowest BCUT2D eigenvalue weighted by Crippen LogP contribution is -2.82. The smallest absolute Gasteiger partial charge is 0.326 e. The second kappa shape index (κ2) is 17.4. The molecule has 0 bridgehead atoms. The molecule has 1 heterocycles. The number of carboxylic acid groups (broad SMARTS) is 2. The minimum atomic E-state index is -1.48. The number of unbranched alkanes of at least 4 members (excludes halogenated alkanes) is 1. The van der Waals surface area contributed by atoms with Crippen LogP contribution in [0.5, 0.6) is 5.75 Å². The van der Waals surface area contributed by atoms with Gasteiger partial charge in [0.25, 0.3) is 11.6 Å². The number of ether oxygens (including phenoxy) is 1. The minimum Gasteiger partial charge on any atom is -0.493 e. The van der Waals surface area contributed by atoms with E-state index in [0.717, 1.165) is 18.2 Å². The van der Waals surface area contributed by atoms with Crippen molar-refractivity contribution in [3.05, 3.63) is 33.9 Å². The monoisotopic (exact) mass is 604 g/mol. The molecular formula is C26H30N5O12+. The highest BCUT2D eigenvalue weighted by Gasteiger charge is 2.31. The molecular weight excluding hydrogens is 574 g/mol. The van der Waals surface area contributed by atoms with E-state index in [2.05, 4.69) is 32.9 Å². The van der Waals surface area contributed by atoms with Gasteiger partial charge >= 0.3 is 11.9 Å². The second-order valence-corrected chi connectivity index (χ2v) is 9.00. The number of carboxylic acids is 2. The van der Waals surface area contributed by atoms with E-state index >= 15 is 0 Å². The van der Waals surface area contributed by atoms with Crippen LogP contribution in [0.2, 0.25) is 0 Å². The molecule has 0 aromatic heterocycles. The number of hydrogen-bond donors (Lipinski definition) is 6. The fraction of sp³-hybridized carbons (Fsp3) is 0.423. The van der Waals surface area contributed by atoms with Gasteiger partial charge in [-0.05, 0) is 37.7 Å². The van der Waals surface area contributed by atoms with Crippen LogP contribution < -0.4 is 26.2 Å². The summed E-state index contributed by atoms with van der Waals surface area (Å²) in [5.41, 5.74) is 0.493. The predicted molar refractivity (Wildman–Crippen MR) is 142 cm³/mol. The van der Waals surface area contributed by atoms with Crippen molar-refractivity contribution in [2.75, 3.05) is 13.2 Å². The number of nitrogens with zero attached hydrogens (tertiary/aromatic N) is 1. The molecule has 1 aliphatic heterocycles. The number of non-ortho nitro benzene ring substituents is 1. The standard InChI is InChI=1S/C26H29N5O12/c1-2-3-13-42-43-27-12-5-4-6-18-24(35)30-20(26(37)38)11-14-41-21-9-7-16(31(39)40)15-17(21)23(34)28-19(25(36)29-18)8-10-22(32)33/h1,7,9,15,18-20,27H,4-6,8,10-12,14H2,(H,28,34)(H,29,36)(H,30,35)(H,32,33)(H,37,38)/p+1. The number of terminal acetylenes is 1. The van der Waals surface area contributed by atoms with Crippen molar-refractivity contribution >= 4 is 35.3 Å². The Bertz CT molecular complexity index is 1320. The lowest BCUT2D eigenvalue weighted by atomic mass is 10.0. The number of nitrogens with two attached hydrogens (primary N) is 1. The fourth-order valence-electron chi connectivity index (χ4n) is 3.80. The number of carbonyl (C=O) groups is 5. The lowest BCUT2D eigenvalue weighted by molar-refractivity contribution is -0.960. The first-order valence-corrected chi connectivity index (χ1v) is 12.9. The number of hydrogen-bond acceptors (Lipinski definition) is 10. The van der Waals surface area contributed by atoms with Gasteiger partial charge in [-0.1, -0.05) is 0 Å². The SMILES string of the molecule is C#CC#COO[NH2+]CCCCC1NC(=O)C(CCC(=O)O)NC(=O)c2cc([N+](=O)[O-])ccc2OCCC(C(=O)O)NC1=O. The van der Waals surface area contributed by atoms with Crippen LogP contribution in [-0.2, 0) is 29.1 Å². The van der Waals surface area contributed by atoms with Crippen molar-refractivity contribution in [1.29, 1.82) is 0 Å². The summed E-state index contributed by atoms with van der Waals surface area (Å²) < 4.78 is 5.54. The summed E-state index contributed by atoms with van der Waals surface area (Å²) in [6.07, 6.45) is 6.64. The molecule has 3 unspecified atom stereocenters. The van der Waals surface area contributed by atoms with Crippen LogP contribution in [0.25, 0.3) is 0 Å². The van der Waals surface area contributed by atoms with E-state index in [1.165, 1.54) is 5.48 Å². The van der Waals surface area contributed by atoms with Crippen molar-refractivity contribution in [2.24, 2.45) is 0 Å². The highest BCUT2D eigenvalue weighted by atomic mass is 17.3. The zero-order valence-corrected chi connectivity index (χ0v) is 22.7. The zero-order chi connectivity index (χ0) is 31.8. The first kappa shape index (κ1) is 33.8. The third-order valence-corrected chi connectivity index (χ3v) is 5.94. The number of carbonyl (C=O) groups excluding carboxylic acids is 3. The van der Waals surface area contributed by atoms with Gasteiger partial charge in [0, 0.05) is 35.9 Å². The van der Waals surface area contributed by atoms with Crippen LogP contribution in [0.1, 0.15) is 48.9 Å². The number of aliphatic carboxylic acids is 2. The predicted octanol–water partition coefficient (Wildman–Crippen LogP) is -1.41. The van der Waals surface area contributed by atoms with Crippen molar-refractivity contribution in [3.8, 4) is 30.1 Å². The number of nitro benzene ring substituents is 1. The zero-order valence-electron chi connectivity index (χ0n) is 22.7. The first-order chi connectivity index (χ1) is 20.5. The highest BCUT2D eigenvalue weighted by molar-refractivity contribution is 6.01. The molecule has 0 fully saturated rings. The molecule has 17 heteroatoms. The van der Waals surface area contributed by atoms with E-state index in [0.29, 0.717) is 19.4 Å². The Hall–Kier alpha value is -5.39. The third-order valence-electron chi connectivity index (χ3n) is 5.94. The number of nitro groups is 1. The molecule has 3 amide bonds. The van der Waals surface area contributed by atoms with Gasteiger partial charge in [0.05, 0.1) is 17.1 Å². The average Bonchev–Trinajstić information content (AvgIpc) is 2.96. The van der Waals surface area contributed by atoms with Crippen LogP contribution in [0.3, 0.4) is 0 Å². The number of quaternary nitrogens is 1. The normalized spacial score (nSPS) is 18.9. The average molecular weight is 605 g/mol. The van der Waals surface area contributed by atoms with E-state index in [1.54, 1.807) is 0 Å². The van der Waals surface area contributed by atoms with Crippen molar-refractivity contribution in [2.45, 2.75) is 56.7 Å². The van der Waals surface area contributed by atoms with Crippen LogP contribution in [0.4, 0.5) is 5.69 Å². The van der Waals surface area contributed by atoms with Gasteiger partial charge < -0.3 is 30.9 Å². The Kier molecular flexibility index (Phi) is 13.7. The van der Waals surface area contributed by atoms with E-state index in [9.17, 15) is 39.2 Å². The minimum absolute atomic E-state index is 0.0284. The molecule has 0 radical (unpaired) electrons. The third kappa shape index (κ3) is 11.6. The Morgan fingerprint density at radius 3 is 2.51 bits per heavy atom. The van der Waals surface area contributed by atoms with E-state index < -0.39 is 64.8 Å². The number of benzene rings is 1. The molecule has 0 saturated heterocycles. The van der Waals surface area contributed by atoms with E-state index in [1.807, 2.05) is 5.92 Å². The van der Waals surface area contributed by atoms with Gasteiger partial charge in [-0.2, -0.15) is 5.48 Å². The molecule has 0 saturated carbocycles. The molecule has 230 valence electrons. The quantitative estimate of drug-likeness (QED) is 0.0529. The molecule has 1 aromatic carbocycles. The second-order valence-electron chi connectivity index (χ2n) is 9.00. The Balaban J connectivity index is 2.30. The molecule has 1 aliphatic rings. The topological polar surface area (TPSA) is 249 Å². The van der Waals surface area contributed by atoms with Crippen LogP contribution in [-0.4, -0.2) is 76.1 Å². The van der Waals surface area contributed by atoms with Gasteiger partial charge in [-0.3, -0.25) is 29.3 Å². The van der Waals surface area contributed by atoms with Gasteiger partial charge in [0.1, 0.15) is 30.4 Å². The van der Waals surface area contributed by atoms with Gasteiger partial charge in [-0.25, -0.2) is 9.68 Å². The Morgan fingerprint density at radius 1 is 1.12 bits per heavy atom. The molecule has 17 nitrogen and oxygen atoms in total. The van der Waals surface area contributed by atoms with Gasteiger partial charge in [0.2, 0.25) is 11.8 Å². The van der Waals surface area contributed by atoms with E-state index in [-0.39, 0.29) is 37.2 Å². The number of rotatable bonds is 12. The molecule has 0 aliphatic carbocycles. The summed E-state index contributed by atoms with van der Waals surface area (Å²) in [5, 5.41) is 37.3. The number of amides is 3. The van der Waals surface area contributed by atoms with E-state index in [4.69, 9.17) is 21.3 Å². The fourth-order valence-corrected chi connectivity index (χ4v) is 3.80. The molecule has 2 rings (SSSR count). The highest BCUT2D eigenvalue weighted by Crippen LogP contribution is 2.25. The number of hydroxylamine groups is 1. The molecule has 0 spiro atoms. The van der Waals surface area contributed by atoms with Crippen molar-refractivity contribution in [1.82, 2.24) is 16.0 Å². The molecule has 43 heavy (non-hydrogen) atoms. The summed E-state index contributed by atoms with van der Waals surface area (Å²) in [6.45, 7) is 0.0381. The van der Waals surface area contributed by atoms with Gasteiger partial charge in [-0.15, -0.1) is 6.42 Å². The number of fused-ring (bicyclic) bond motifs is 1. The maximum Gasteiger partial charge on any atom is 0.326 e. The largest absolute Gasteiger partial charge is 0.493 e. The molecule has 3 atom stereocenters. The van der Waals surface area contributed by atoms with Crippen LogP contribution >= 0.6 is 0 Å². The molecule has 1 aromatic rings. The lowest BCUT2D eigenvalue weighted by Gasteiger charge is -2.25. The first-order valence-electron chi connectivity index (χ1n) is 12.9. The maximum absolute atomic E-state index is 13.2. The van der Waals surface area contributed by atoms with Gasteiger partial charge in [0.15, 0.2) is 6.11 Å². The van der Waals surface area contributed by atoms with Crippen LogP contribution in [0, 0.1) is 34.5 Å². The summed E-state index contributed by atoms with van der Waals surface area (Å²) in [7, 11) is 0. The van der Waals surface area contributed by atoms with Crippen molar-refractivity contribution in [3.63, 3.8) is 0 Å². The Morgan fingerprint density at radius 2 is 1.84 bits per heavy atom. The number of nitrogens with one attached hydrogen (secondary N) is 3.